The fourth-order valence-corrected chi connectivity index (χ4v) is 5.91. The Labute approximate surface area is 291 Å². The Morgan fingerprint density at radius 3 is 2.43 bits per heavy atom. The highest BCUT2D eigenvalue weighted by Gasteiger charge is 2.34. The van der Waals surface area contributed by atoms with Crippen LogP contribution in [0, 0.1) is 0 Å². The van der Waals surface area contributed by atoms with Crippen molar-refractivity contribution in [2.75, 3.05) is 24.9 Å². The second-order valence-electron chi connectivity index (χ2n) is 11.6. The average Bonchev–Trinajstić information content (AvgIpc) is 3.84. The number of aromatic nitrogens is 5. The molecule has 16 nitrogen and oxygen atoms in total. The first-order chi connectivity index (χ1) is 24.5. The van der Waals surface area contributed by atoms with Crippen molar-refractivity contribution in [2.45, 2.75) is 24.6 Å². The number of aromatic amines is 1. The molecule has 262 valence electrons. The molecule has 4 N–H and O–H groups in total. The van der Waals surface area contributed by atoms with Gasteiger partial charge in [-0.1, -0.05) is 72.8 Å². The van der Waals surface area contributed by atoms with Gasteiger partial charge in [-0.25, -0.2) is 4.98 Å². The van der Waals surface area contributed by atoms with Gasteiger partial charge in [-0.15, -0.1) is 10.2 Å². The highest BCUT2D eigenvalue weighted by atomic mass is 32.2. The fourth-order valence-electron chi connectivity index (χ4n) is 5.47. The van der Waals surface area contributed by atoms with Gasteiger partial charge in [0.25, 0.3) is 17.7 Å². The number of carbonyl (C=O) groups is 3. The van der Waals surface area contributed by atoms with Gasteiger partial charge in [-0.05, 0) is 34.9 Å². The standard InChI is InChI=1S/C34H32N8O8S/c1-51(47,48)50-25-17-27(36-28(18-25)34(46)42-20-49-19-29(42)22-11-6-3-7-12-22)32(44)37-26(15-21-9-4-2-5-10-21)30(43)33(45)35-24-14-8-13-23(16-24)31-38-40-41-39-31/h2-14,16-18,26,29-30,43H,15,19-20H2,1H3,(H,35,45)(H,37,44)(H,38,39,40,41)/t26-,29?,30-/m0/s1. The number of aliphatic hydroxyl groups is 1. The molecule has 17 heteroatoms. The summed E-state index contributed by atoms with van der Waals surface area (Å²) in [5, 5.41) is 30.3. The maximum absolute atomic E-state index is 13.8. The number of ether oxygens (including phenoxy) is 1. The van der Waals surface area contributed by atoms with Crippen molar-refractivity contribution < 1.29 is 36.8 Å². The third-order valence-electron chi connectivity index (χ3n) is 7.82. The van der Waals surface area contributed by atoms with Gasteiger partial charge in [0.05, 0.1) is 24.9 Å². The number of benzene rings is 3. The SMILES string of the molecule is CS(=O)(=O)Oc1cc(C(=O)N[C@@H](Cc2ccccc2)[C@H](O)C(=O)Nc2cccc(-c3nn[nH]n3)c2)nc(C(=O)N2COCC2c2ccccc2)c1. The molecule has 1 fully saturated rings. The minimum atomic E-state index is -4.09. The lowest BCUT2D eigenvalue weighted by molar-refractivity contribution is -0.125. The Kier molecular flexibility index (Phi) is 10.4. The van der Waals surface area contributed by atoms with Gasteiger partial charge in [-0.2, -0.15) is 13.6 Å². The van der Waals surface area contributed by atoms with E-state index < -0.39 is 51.7 Å². The average molecular weight is 713 g/mol. The molecule has 51 heavy (non-hydrogen) atoms. The number of nitrogens with zero attached hydrogens (tertiary/aromatic N) is 5. The molecule has 6 rings (SSSR count). The Morgan fingerprint density at radius 1 is 1.00 bits per heavy atom. The molecule has 1 saturated heterocycles. The van der Waals surface area contributed by atoms with Crippen molar-refractivity contribution in [3.05, 3.63) is 120 Å². The quantitative estimate of drug-likeness (QED) is 0.137. The number of hydrogen-bond donors (Lipinski definition) is 4. The summed E-state index contributed by atoms with van der Waals surface area (Å²) in [7, 11) is -4.09. The zero-order chi connectivity index (χ0) is 36.0. The summed E-state index contributed by atoms with van der Waals surface area (Å²) < 4.78 is 34.8. The normalized spacial score (nSPS) is 15.5. The van der Waals surface area contributed by atoms with Crippen molar-refractivity contribution in [3.63, 3.8) is 0 Å². The van der Waals surface area contributed by atoms with Crippen molar-refractivity contribution in [1.82, 2.24) is 35.8 Å². The van der Waals surface area contributed by atoms with Crippen LogP contribution < -0.4 is 14.8 Å². The molecular weight excluding hydrogens is 680 g/mol. The molecule has 0 aliphatic carbocycles. The van der Waals surface area contributed by atoms with Crippen LogP contribution in [0.15, 0.2) is 97.1 Å². The number of hydrogen-bond acceptors (Lipinski definition) is 12. The number of H-pyrrole nitrogens is 1. The van der Waals surface area contributed by atoms with Gasteiger partial charge >= 0.3 is 10.1 Å². The topological polar surface area (TPSA) is 219 Å². The molecule has 1 unspecified atom stereocenters. The van der Waals surface area contributed by atoms with Gasteiger partial charge < -0.3 is 29.6 Å². The van der Waals surface area contributed by atoms with E-state index in [1.54, 1.807) is 54.6 Å². The van der Waals surface area contributed by atoms with Crippen molar-refractivity contribution in [2.24, 2.45) is 0 Å². The zero-order valence-electron chi connectivity index (χ0n) is 27.0. The Hall–Kier alpha value is -6.04. The first kappa shape index (κ1) is 34.8. The minimum absolute atomic E-state index is 0.0132. The molecule has 1 aliphatic heterocycles. The Balaban J connectivity index is 1.27. The molecule has 3 amide bonds. The number of amides is 3. The monoisotopic (exact) mass is 712 g/mol. The van der Waals surface area contributed by atoms with E-state index in [9.17, 15) is 27.9 Å². The first-order valence-electron chi connectivity index (χ1n) is 15.6. The van der Waals surface area contributed by atoms with E-state index in [0.717, 1.165) is 24.0 Å². The molecular formula is C34H32N8O8S. The van der Waals surface area contributed by atoms with Crippen molar-refractivity contribution in [1.29, 1.82) is 0 Å². The largest absolute Gasteiger partial charge is 0.382 e. The maximum atomic E-state index is 13.8. The Bertz CT molecular complexity index is 2120. The molecule has 0 spiro atoms. The second kappa shape index (κ2) is 15.2. The van der Waals surface area contributed by atoms with E-state index in [1.807, 2.05) is 30.3 Å². The minimum Gasteiger partial charge on any atom is -0.382 e. The summed E-state index contributed by atoms with van der Waals surface area (Å²) in [6.07, 6.45) is -0.955. The number of anilines is 1. The molecule has 3 atom stereocenters. The molecule has 1 aliphatic rings. The molecule has 3 aromatic carbocycles. The lowest BCUT2D eigenvalue weighted by atomic mass is 10.00. The number of carbonyl (C=O) groups excluding carboxylic acids is 3. The molecule has 0 saturated carbocycles. The van der Waals surface area contributed by atoms with Crippen LogP contribution in [0.25, 0.3) is 11.4 Å². The fraction of sp³-hybridized carbons (Fsp3) is 0.206. The van der Waals surface area contributed by atoms with Crippen LogP contribution >= 0.6 is 0 Å². The number of nitrogens with one attached hydrogen (secondary N) is 3. The summed E-state index contributed by atoms with van der Waals surface area (Å²) in [6, 6.07) is 25.1. The summed E-state index contributed by atoms with van der Waals surface area (Å²) in [6.45, 7) is 0.141. The van der Waals surface area contributed by atoms with Crippen LogP contribution in [0.2, 0.25) is 0 Å². The summed E-state index contributed by atoms with van der Waals surface area (Å²) in [4.78, 5) is 46.7. The predicted molar refractivity (Wildman–Crippen MR) is 182 cm³/mol. The van der Waals surface area contributed by atoms with E-state index >= 15 is 0 Å². The molecule has 5 aromatic rings. The van der Waals surface area contributed by atoms with Crippen LogP contribution in [-0.4, -0.2) is 93.5 Å². The van der Waals surface area contributed by atoms with Crippen LogP contribution in [0.5, 0.6) is 5.75 Å². The highest BCUT2D eigenvalue weighted by Crippen LogP contribution is 2.29. The number of aliphatic hydroxyl groups excluding tert-OH is 1. The van der Waals surface area contributed by atoms with Crippen molar-refractivity contribution in [3.8, 4) is 17.1 Å². The van der Waals surface area contributed by atoms with E-state index in [4.69, 9.17) is 8.92 Å². The van der Waals surface area contributed by atoms with E-state index in [1.165, 1.54) is 4.90 Å². The lowest BCUT2D eigenvalue weighted by Gasteiger charge is -2.24. The van der Waals surface area contributed by atoms with Crippen LogP contribution in [0.3, 0.4) is 0 Å². The summed E-state index contributed by atoms with van der Waals surface area (Å²) in [5.74, 6) is -2.43. The summed E-state index contributed by atoms with van der Waals surface area (Å²) >= 11 is 0. The van der Waals surface area contributed by atoms with Gasteiger partial charge in [-0.3, -0.25) is 14.4 Å². The van der Waals surface area contributed by atoms with Gasteiger partial charge in [0.15, 0.2) is 6.10 Å². The van der Waals surface area contributed by atoms with E-state index in [-0.39, 0.29) is 31.2 Å². The number of tetrazole rings is 1. The van der Waals surface area contributed by atoms with Crippen molar-refractivity contribution >= 4 is 33.5 Å². The Morgan fingerprint density at radius 2 is 1.73 bits per heavy atom. The maximum Gasteiger partial charge on any atom is 0.306 e. The van der Waals surface area contributed by atoms with Crippen LogP contribution in [0.4, 0.5) is 5.69 Å². The predicted octanol–water partition coefficient (Wildman–Crippen LogP) is 2.11. The molecule has 2 aromatic heterocycles. The van der Waals surface area contributed by atoms with Gasteiger partial charge in [0.2, 0.25) is 5.82 Å². The molecule has 0 radical (unpaired) electrons. The van der Waals surface area contributed by atoms with E-state index in [0.29, 0.717) is 22.6 Å². The zero-order valence-corrected chi connectivity index (χ0v) is 27.9. The highest BCUT2D eigenvalue weighted by molar-refractivity contribution is 7.86. The van der Waals surface area contributed by atoms with Gasteiger partial charge in [0.1, 0.15) is 23.9 Å². The smallest absolute Gasteiger partial charge is 0.306 e. The number of pyridine rings is 1. The first-order valence-corrected chi connectivity index (χ1v) is 17.4. The third kappa shape index (κ3) is 8.77. The second-order valence-corrected chi connectivity index (χ2v) is 13.2. The molecule has 0 bridgehead atoms. The molecule has 3 heterocycles. The summed E-state index contributed by atoms with van der Waals surface area (Å²) in [5.41, 5.74) is 1.69. The van der Waals surface area contributed by atoms with Crippen LogP contribution in [0.1, 0.15) is 38.1 Å². The number of rotatable bonds is 12. The van der Waals surface area contributed by atoms with Crippen LogP contribution in [-0.2, 0) is 26.1 Å². The van der Waals surface area contributed by atoms with E-state index in [2.05, 4.69) is 36.2 Å². The third-order valence-corrected chi connectivity index (χ3v) is 8.32. The lowest BCUT2D eigenvalue weighted by Crippen LogP contribution is -2.50. The van der Waals surface area contributed by atoms with Gasteiger partial charge in [0, 0.05) is 23.4 Å².